The summed E-state index contributed by atoms with van der Waals surface area (Å²) in [7, 11) is -3.67. The molecule has 0 saturated heterocycles. The van der Waals surface area contributed by atoms with E-state index in [4.69, 9.17) is 11.6 Å². The van der Waals surface area contributed by atoms with Crippen LogP contribution in [0, 0.1) is 0 Å². The van der Waals surface area contributed by atoms with Crippen molar-refractivity contribution in [2.45, 2.75) is 18.7 Å². The van der Waals surface area contributed by atoms with Gasteiger partial charge in [-0.25, -0.2) is 18.8 Å². The summed E-state index contributed by atoms with van der Waals surface area (Å²) in [4.78, 5) is 17.3. The van der Waals surface area contributed by atoms with Gasteiger partial charge in [-0.2, -0.15) is 9.41 Å². The van der Waals surface area contributed by atoms with Crippen LogP contribution >= 0.6 is 22.9 Å². The second-order valence-electron chi connectivity index (χ2n) is 6.48. The van der Waals surface area contributed by atoms with E-state index in [0.717, 1.165) is 5.69 Å². The van der Waals surface area contributed by atoms with Crippen molar-refractivity contribution < 1.29 is 13.2 Å². The van der Waals surface area contributed by atoms with Crippen molar-refractivity contribution in [3.8, 4) is 0 Å². The normalized spacial score (nSPS) is 11.8. The predicted molar refractivity (Wildman–Crippen MR) is 128 cm³/mol. The zero-order valence-electron chi connectivity index (χ0n) is 17.4. The number of aromatic nitrogens is 1. The third kappa shape index (κ3) is 5.71. The van der Waals surface area contributed by atoms with E-state index in [9.17, 15) is 13.2 Å². The fourth-order valence-corrected chi connectivity index (χ4v) is 5.37. The van der Waals surface area contributed by atoms with Gasteiger partial charge in [0.1, 0.15) is 0 Å². The van der Waals surface area contributed by atoms with Crippen molar-refractivity contribution in [1.82, 2.24) is 14.7 Å². The molecule has 1 heterocycles. The van der Waals surface area contributed by atoms with Gasteiger partial charge >= 0.3 is 0 Å². The number of hydrogen-bond donors (Lipinski definition) is 2. The van der Waals surface area contributed by atoms with Crippen LogP contribution in [0.4, 0.5) is 10.8 Å². The summed E-state index contributed by atoms with van der Waals surface area (Å²) in [5.74, 6) is -0.541. The number of rotatable bonds is 9. The van der Waals surface area contributed by atoms with Gasteiger partial charge < -0.3 is 5.32 Å². The Kier molecular flexibility index (Phi) is 7.97. The molecule has 0 spiro atoms. The molecule has 0 radical (unpaired) electrons. The van der Waals surface area contributed by atoms with Crippen LogP contribution < -0.4 is 10.7 Å². The second kappa shape index (κ2) is 10.7. The van der Waals surface area contributed by atoms with Crippen molar-refractivity contribution in [2.75, 3.05) is 18.4 Å². The average Bonchev–Trinajstić information content (AvgIpc) is 3.13. The van der Waals surface area contributed by atoms with Crippen LogP contribution in [0.25, 0.3) is 0 Å². The Hall–Kier alpha value is -2.79. The number of nitrogens with one attached hydrogen (secondary N) is 2. The third-order valence-corrected chi connectivity index (χ3v) is 7.77. The monoisotopic (exact) mass is 491 g/mol. The molecule has 0 aliphatic rings. The maximum absolute atomic E-state index is 12.7. The molecule has 1 aromatic heterocycles. The van der Waals surface area contributed by atoms with E-state index in [1.165, 1.54) is 46.1 Å². The highest BCUT2D eigenvalue weighted by Crippen LogP contribution is 2.27. The van der Waals surface area contributed by atoms with Crippen molar-refractivity contribution in [1.29, 1.82) is 0 Å². The van der Waals surface area contributed by atoms with Gasteiger partial charge in [-0.15, -0.1) is 0 Å². The summed E-state index contributed by atoms with van der Waals surface area (Å²) in [6, 6.07) is 15.4. The number of hydrogen-bond acceptors (Lipinski definition) is 7. The maximum Gasteiger partial charge on any atom is 0.271 e. The molecule has 0 bridgehead atoms. The molecular formula is C21H22ClN5O3S2. The molecule has 3 aromatic rings. The van der Waals surface area contributed by atoms with Crippen LogP contribution in [0.15, 0.2) is 64.6 Å². The van der Waals surface area contributed by atoms with Crippen molar-refractivity contribution in [2.24, 2.45) is 5.10 Å². The first-order valence-corrected chi connectivity index (χ1v) is 12.4. The van der Waals surface area contributed by atoms with E-state index < -0.39 is 15.9 Å². The molecule has 2 aromatic carbocycles. The molecular weight excluding hydrogens is 470 g/mol. The van der Waals surface area contributed by atoms with Crippen LogP contribution in [-0.2, 0) is 10.0 Å². The van der Waals surface area contributed by atoms with Gasteiger partial charge in [0.15, 0.2) is 10.3 Å². The van der Waals surface area contributed by atoms with E-state index in [2.05, 4.69) is 20.8 Å². The van der Waals surface area contributed by atoms with Gasteiger partial charge in [-0.05, 0) is 30.3 Å². The average molecular weight is 492 g/mol. The first-order chi connectivity index (χ1) is 15.3. The lowest BCUT2D eigenvalue weighted by atomic mass is 10.2. The van der Waals surface area contributed by atoms with Crippen LogP contribution in [0.2, 0.25) is 5.15 Å². The van der Waals surface area contributed by atoms with Gasteiger partial charge in [0.05, 0.1) is 16.0 Å². The fraction of sp³-hybridized carbons (Fsp3) is 0.190. The first kappa shape index (κ1) is 23.9. The topological polar surface area (TPSA) is 104 Å². The highest BCUT2D eigenvalue weighted by Gasteiger charge is 2.22. The minimum atomic E-state index is -3.67. The van der Waals surface area contributed by atoms with Gasteiger partial charge in [-0.3, -0.25) is 4.79 Å². The smallest absolute Gasteiger partial charge is 0.271 e. The quantitative estimate of drug-likeness (QED) is 0.342. The molecule has 1 amide bonds. The third-order valence-electron chi connectivity index (χ3n) is 4.42. The van der Waals surface area contributed by atoms with E-state index in [1.807, 2.05) is 30.3 Å². The Morgan fingerprint density at radius 2 is 1.88 bits per heavy atom. The fourth-order valence-electron chi connectivity index (χ4n) is 2.82. The van der Waals surface area contributed by atoms with Gasteiger partial charge in [0.25, 0.3) is 5.91 Å². The number of benzene rings is 2. The minimum Gasteiger partial charge on any atom is -0.331 e. The van der Waals surface area contributed by atoms with Crippen molar-refractivity contribution in [3.05, 3.63) is 70.2 Å². The number of carbonyl (C=O) groups excluding carboxylic acids is 1. The highest BCUT2D eigenvalue weighted by atomic mass is 35.5. The van der Waals surface area contributed by atoms with Gasteiger partial charge in [-0.1, -0.05) is 61.1 Å². The van der Waals surface area contributed by atoms with E-state index in [-0.39, 0.29) is 15.6 Å². The van der Waals surface area contributed by atoms with Crippen molar-refractivity contribution in [3.63, 3.8) is 0 Å². The standard InChI is InChI=1S/C21H22ClN5O3S2/c1-3-27(4-2)32(29,30)17-12-8-9-15(13-17)20(28)26-23-14-18-19(22)25-21(31-18)24-16-10-6-5-7-11-16/h5-14H,3-4H2,1-2H3,(H,24,25)(H,26,28)/b23-14-. The Labute approximate surface area is 196 Å². The van der Waals surface area contributed by atoms with Gasteiger partial charge in [0, 0.05) is 24.3 Å². The zero-order chi connectivity index (χ0) is 23.1. The number of thiazole rings is 1. The van der Waals surface area contributed by atoms with Crippen LogP contribution in [0.1, 0.15) is 29.1 Å². The lowest BCUT2D eigenvalue weighted by Crippen LogP contribution is -2.30. The molecule has 0 aliphatic heterocycles. The Balaban J connectivity index is 1.69. The summed E-state index contributed by atoms with van der Waals surface area (Å²) in [6.45, 7) is 4.21. The predicted octanol–water partition coefficient (Wildman–Crippen LogP) is 4.33. The number of nitrogens with zero attached hydrogens (tertiary/aromatic N) is 3. The molecule has 0 saturated carbocycles. The molecule has 32 heavy (non-hydrogen) atoms. The molecule has 0 atom stereocenters. The molecule has 3 rings (SSSR count). The maximum atomic E-state index is 12.7. The minimum absolute atomic E-state index is 0.0555. The molecule has 168 valence electrons. The molecule has 0 fully saturated rings. The lowest BCUT2D eigenvalue weighted by Gasteiger charge is -2.18. The summed E-state index contributed by atoms with van der Waals surface area (Å²) in [5, 5.41) is 7.91. The number of carbonyl (C=O) groups is 1. The second-order valence-corrected chi connectivity index (χ2v) is 9.81. The van der Waals surface area contributed by atoms with E-state index >= 15 is 0 Å². The van der Waals surface area contributed by atoms with Crippen LogP contribution in [0.5, 0.6) is 0 Å². The summed E-state index contributed by atoms with van der Waals surface area (Å²) < 4.78 is 26.7. The number of amides is 1. The largest absolute Gasteiger partial charge is 0.331 e. The number of anilines is 2. The zero-order valence-corrected chi connectivity index (χ0v) is 19.8. The summed E-state index contributed by atoms with van der Waals surface area (Å²) >= 11 is 7.43. The SMILES string of the molecule is CCN(CC)S(=O)(=O)c1cccc(C(=O)N/N=C\c2sc(Nc3ccccc3)nc2Cl)c1. The Morgan fingerprint density at radius 1 is 1.16 bits per heavy atom. The lowest BCUT2D eigenvalue weighted by molar-refractivity contribution is 0.0955. The first-order valence-electron chi connectivity index (χ1n) is 9.77. The highest BCUT2D eigenvalue weighted by molar-refractivity contribution is 7.89. The Morgan fingerprint density at radius 3 is 2.56 bits per heavy atom. The van der Waals surface area contributed by atoms with E-state index in [0.29, 0.717) is 23.1 Å². The summed E-state index contributed by atoms with van der Waals surface area (Å²) in [6.07, 6.45) is 1.39. The van der Waals surface area contributed by atoms with Crippen LogP contribution in [0.3, 0.4) is 0 Å². The molecule has 11 heteroatoms. The summed E-state index contributed by atoms with van der Waals surface area (Å²) in [5.41, 5.74) is 3.44. The molecule has 2 N–H and O–H groups in total. The van der Waals surface area contributed by atoms with Gasteiger partial charge in [0.2, 0.25) is 10.0 Å². The number of hydrazone groups is 1. The van der Waals surface area contributed by atoms with E-state index in [1.54, 1.807) is 13.8 Å². The number of para-hydroxylation sites is 1. The number of halogens is 1. The van der Waals surface area contributed by atoms with Crippen LogP contribution in [-0.4, -0.2) is 42.9 Å². The molecule has 0 unspecified atom stereocenters. The number of sulfonamides is 1. The Bertz CT molecular complexity index is 1210. The van der Waals surface area contributed by atoms with Crippen molar-refractivity contribution >= 4 is 55.9 Å². The molecule has 8 nitrogen and oxygen atoms in total. The molecule has 0 aliphatic carbocycles.